The van der Waals surface area contributed by atoms with Gasteiger partial charge >= 0.3 is 12.1 Å². The summed E-state index contributed by atoms with van der Waals surface area (Å²) in [7, 11) is 0. The van der Waals surface area contributed by atoms with Gasteiger partial charge in [0.2, 0.25) is 5.91 Å². The first-order chi connectivity index (χ1) is 9.20. The molecule has 0 heterocycles. The van der Waals surface area contributed by atoms with Crippen LogP contribution in [0, 0.1) is 11.8 Å². The highest BCUT2D eigenvalue weighted by molar-refractivity contribution is 6.02. The lowest BCUT2D eigenvalue weighted by molar-refractivity contribution is -0.137. The number of amides is 1. The summed E-state index contributed by atoms with van der Waals surface area (Å²) >= 11 is 0. The van der Waals surface area contributed by atoms with Gasteiger partial charge in [-0.3, -0.25) is 4.79 Å². The second-order valence-electron chi connectivity index (χ2n) is 4.87. The SMILES string of the molecule is CC1CC1C(=O)Nc1cc(C(F)(F)F)ccc1C(=O)O. The number of halogens is 3. The number of carboxylic acid groups (broad SMARTS) is 1. The first kappa shape index (κ1) is 14.4. The molecule has 108 valence electrons. The number of anilines is 1. The number of hydrogen-bond donors (Lipinski definition) is 2. The van der Waals surface area contributed by atoms with Crippen LogP contribution >= 0.6 is 0 Å². The van der Waals surface area contributed by atoms with E-state index in [4.69, 9.17) is 5.11 Å². The zero-order valence-corrected chi connectivity index (χ0v) is 10.5. The topological polar surface area (TPSA) is 66.4 Å². The average molecular weight is 287 g/mol. The molecule has 0 aromatic heterocycles. The number of carbonyl (C=O) groups excluding carboxylic acids is 1. The van der Waals surface area contributed by atoms with Crippen molar-refractivity contribution in [2.24, 2.45) is 11.8 Å². The summed E-state index contributed by atoms with van der Waals surface area (Å²) in [5, 5.41) is 11.2. The minimum atomic E-state index is -4.59. The van der Waals surface area contributed by atoms with Crippen molar-refractivity contribution in [2.75, 3.05) is 5.32 Å². The van der Waals surface area contributed by atoms with Crippen molar-refractivity contribution >= 4 is 17.6 Å². The lowest BCUT2D eigenvalue weighted by Crippen LogP contribution is -2.18. The summed E-state index contributed by atoms with van der Waals surface area (Å²) in [6.45, 7) is 1.84. The molecular formula is C13H12F3NO3. The van der Waals surface area contributed by atoms with Crippen molar-refractivity contribution in [2.45, 2.75) is 19.5 Å². The first-order valence-electron chi connectivity index (χ1n) is 5.95. The highest BCUT2D eigenvalue weighted by Crippen LogP contribution is 2.39. The zero-order chi connectivity index (χ0) is 15.1. The van der Waals surface area contributed by atoms with Crippen molar-refractivity contribution in [3.05, 3.63) is 29.3 Å². The largest absolute Gasteiger partial charge is 0.478 e. The molecule has 0 radical (unpaired) electrons. The van der Waals surface area contributed by atoms with Gasteiger partial charge in [0.1, 0.15) is 0 Å². The van der Waals surface area contributed by atoms with E-state index in [1.54, 1.807) is 0 Å². The van der Waals surface area contributed by atoms with Gasteiger partial charge in [-0.15, -0.1) is 0 Å². The quantitative estimate of drug-likeness (QED) is 0.898. The molecule has 1 aliphatic carbocycles. The normalized spacial score (nSPS) is 21.4. The van der Waals surface area contributed by atoms with Crippen LogP contribution < -0.4 is 5.32 Å². The van der Waals surface area contributed by atoms with Crippen LogP contribution in [-0.2, 0) is 11.0 Å². The van der Waals surface area contributed by atoms with Crippen LogP contribution in [0.25, 0.3) is 0 Å². The molecule has 1 fully saturated rings. The van der Waals surface area contributed by atoms with E-state index >= 15 is 0 Å². The molecule has 1 aromatic carbocycles. The molecule has 1 aliphatic rings. The lowest BCUT2D eigenvalue weighted by atomic mass is 10.1. The minimum absolute atomic E-state index is 0.175. The van der Waals surface area contributed by atoms with E-state index in [1.165, 1.54) is 0 Å². The number of carboxylic acids is 1. The molecule has 0 bridgehead atoms. The van der Waals surface area contributed by atoms with E-state index in [0.29, 0.717) is 18.6 Å². The molecule has 0 spiro atoms. The number of aromatic carboxylic acids is 1. The van der Waals surface area contributed by atoms with Gasteiger partial charge in [0.05, 0.1) is 16.8 Å². The van der Waals surface area contributed by atoms with E-state index < -0.39 is 23.6 Å². The summed E-state index contributed by atoms with van der Waals surface area (Å²) in [4.78, 5) is 22.7. The Balaban J connectivity index is 2.32. The Labute approximate surface area is 112 Å². The molecule has 20 heavy (non-hydrogen) atoms. The molecule has 1 saturated carbocycles. The molecule has 0 saturated heterocycles. The Morgan fingerprint density at radius 1 is 1.35 bits per heavy atom. The Kier molecular flexibility index (Phi) is 3.45. The van der Waals surface area contributed by atoms with Crippen molar-refractivity contribution in [3.63, 3.8) is 0 Å². The van der Waals surface area contributed by atoms with Gasteiger partial charge < -0.3 is 10.4 Å². The predicted octanol–water partition coefficient (Wildman–Crippen LogP) is 3.00. The van der Waals surface area contributed by atoms with Crippen molar-refractivity contribution in [1.29, 1.82) is 0 Å². The summed E-state index contributed by atoms with van der Waals surface area (Å²) in [5.74, 6) is -1.92. The fourth-order valence-corrected chi connectivity index (χ4v) is 1.92. The van der Waals surface area contributed by atoms with Crippen LogP contribution in [0.3, 0.4) is 0 Å². The lowest BCUT2D eigenvalue weighted by Gasteiger charge is -2.12. The summed E-state index contributed by atoms with van der Waals surface area (Å²) in [6, 6.07) is 2.17. The zero-order valence-electron chi connectivity index (χ0n) is 10.5. The van der Waals surface area contributed by atoms with E-state index in [9.17, 15) is 22.8 Å². The van der Waals surface area contributed by atoms with Crippen LogP contribution in [0.15, 0.2) is 18.2 Å². The first-order valence-corrected chi connectivity index (χ1v) is 5.95. The fourth-order valence-electron chi connectivity index (χ4n) is 1.92. The van der Waals surface area contributed by atoms with Crippen LogP contribution in [0.5, 0.6) is 0 Å². The standard InChI is InChI=1S/C13H12F3NO3/c1-6-4-9(6)11(18)17-10-5-7(13(14,15)16)2-3-8(10)12(19)20/h2-3,5-6,9H,4H2,1H3,(H,17,18)(H,19,20). The Hall–Kier alpha value is -2.05. The van der Waals surface area contributed by atoms with Crippen molar-refractivity contribution < 1.29 is 27.9 Å². The molecule has 2 atom stereocenters. The number of rotatable bonds is 3. The number of nitrogens with one attached hydrogen (secondary N) is 1. The number of carbonyl (C=O) groups is 2. The second-order valence-corrected chi connectivity index (χ2v) is 4.87. The van der Waals surface area contributed by atoms with Gasteiger partial charge in [-0.2, -0.15) is 13.2 Å². The van der Waals surface area contributed by atoms with E-state index in [-0.39, 0.29) is 23.1 Å². The molecule has 7 heteroatoms. The van der Waals surface area contributed by atoms with Crippen molar-refractivity contribution in [3.8, 4) is 0 Å². The molecule has 2 unspecified atom stereocenters. The summed E-state index contributed by atoms with van der Waals surface area (Å²) < 4.78 is 37.8. The maximum Gasteiger partial charge on any atom is 0.416 e. The molecule has 1 aromatic rings. The third-order valence-electron chi connectivity index (χ3n) is 3.28. The van der Waals surface area contributed by atoms with Gasteiger partial charge in [0.25, 0.3) is 0 Å². The van der Waals surface area contributed by atoms with Crippen LogP contribution in [0.4, 0.5) is 18.9 Å². The molecule has 2 rings (SSSR count). The number of hydrogen-bond acceptors (Lipinski definition) is 2. The maximum atomic E-state index is 12.6. The van der Waals surface area contributed by atoms with E-state index in [1.807, 2.05) is 6.92 Å². The second kappa shape index (κ2) is 4.81. The third-order valence-corrected chi connectivity index (χ3v) is 3.28. The predicted molar refractivity (Wildman–Crippen MR) is 64.3 cm³/mol. The number of alkyl halides is 3. The maximum absolute atomic E-state index is 12.6. The number of benzene rings is 1. The third kappa shape index (κ3) is 2.92. The van der Waals surface area contributed by atoms with Gasteiger partial charge in [-0.05, 0) is 30.5 Å². The summed E-state index contributed by atoms with van der Waals surface area (Å²) in [6.07, 6.45) is -3.93. The molecule has 2 N–H and O–H groups in total. The van der Waals surface area contributed by atoms with E-state index in [0.717, 1.165) is 6.07 Å². The van der Waals surface area contributed by atoms with Crippen LogP contribution in [0.2, 0.25) is 0 Å². The molecule has 0 aliphatic heterocycles. The van der Waals surface area contributed by atoms with Gasteiger partial charge in [-0.1, -0.05) is 6.92 Å². The van der Waals surface area contributed by atoms with Crippen LogP contribution in [-0.4, -0.2) is 17.0 Å². The fraction of sp³-hybridized carbons (Fsp3) is 0.385. The smallest absolute Gasteiger partial charge is 0.416 e. The summed E-state index contributed by atoms with van der Waals surface area (Å²) in [5.41, 5.74) is -1.68. The Morgan fingerprint density at radius 2 is 1.95 bits per heavy atom. The molecule has 1 amide bonds. The van der Waals surface area contributed by atoms with Gasteiger partial charge in [0.15, 0.2) is 0 Å². The van der Waals surface area contributed by atoms with Crippen LogP contribution in [0.1, 0.15) is 29.3 Å². The Bertz CT molecular complexity index is 568. The highest BCUT2D eigenvalue weighted by Gasteiger charge is 2.39. The van der Waals surface area contributed by atoms with E-state index in [2.05, 4.69) is 5.32 Å². The monoisotopic (exact) mass is 287 g/mol. The highest BCUT2D eigenvalue weighted by atomic mass is 19.4. The van der Waals surface area contributed by atoms with Gasteiger partial charge in [0, 0.05) is 5.92 Å². The van der Waals surface area contributed by atoms with Gasteiger partial charge in [-0.25, -0.2) is 4.79 Å². The molecule has 4 nitrogen and oxygen atoms in total. The van der Waals surface area contributed by atoms with Crippen molar-refractivity contribution in [1.82, 2.24) is 0 Å². The minimum Gasteiger partial charge on any atom is -0.478 e. The Morgan fingerprint density at radius 3 is 2.40 bits per heavy atom. The average Bonchev–Trinajstić information content (AvgIpc) is 3.05. The molecular weight excluding hydrogens is 275 g/mol.